The average Bonchev–Trinajstić information content (AvgIpc) is 2.57. The first-order valence-corrected chi connectivity index (χ1v) is 7.12. The van der Waals surface area contributed by atoms with Gasteiger partial charge in [-0.15, -0.1) is 0 Å². The van der Waals surface area contributed by atoms with Gasteiger partial charge in [-0.1, -0.05) is 49.8 Å². The van der Waals surface area contributed by atoms with Gasteiger partial charge in [-0.25, -0.2) is 0 Å². The predicted molar refractivity (Wildman–Crippen MR) is 75.9 cm³/mol. The van der Waals surface area contributed by atoms with Gasteiger partial charge in [0.05, 0.1) is 0 Å². The van der Waals surface area contributed by atoms with Crippen molar-refractivity contribution in [3.63, 3.8) is 0 Å². The fraction of sp³-hybridized carbons (Fsp3) is 0.647. The molecule has 0 N–H and O–H groups in total. The Morgan fingerprint density at radius 3 is 3.00 bits per heavy atom. The van der Waals surface area contributed by atoms with E-state index in [9.17, 15) is 0 Å². The number of fused-ring (bicyclic) bond motifs is 2. The molecule has 0 heteroatoms. The Morgan fingerprint density at radius 2 is 2.29 bits per heavy atom. The van der Waals surface area contributed by atoms with Gasteiger partial charge in [0.15, 0.2) is 0 Å². The largest absolute Gasteiger partial charge is 0.0996 e. The van der Waals surface area contributed by atoms with Crippen LogP contribution < -0.4 is 0 Å². The molecule has 17 heavy (non-hydrogen) atoms. The third-order valence-corrected chi connectivity index (χ3v) is 5.09. The zero-order chi connectivity index (χ0) is 12.3. The van der Waals surface area contributed by atoms with E-state index in [4.69, 9.17) is 0 Å². The summed E-state index contributed by atoms with van der Waals surface area (Å²) in [6.45, 7) is 10.3. The molecule has 0 saturated heterocycles. The van der Waals surface area contributed by atoms with Crippen molar-refractivity contribution in [1.29, 1.82) is 0 Å². The molecule has 2 aliphatic carbocycles. The molecule has 0 aromatic heterocycles. The summed E-state index contributed by atoms with van der Waals surface area (Å²) in [6, 6.07) is 0. The number of allylic oxidation sites excluding steroid dienone is 4. The van der Waals surface area contributed by atoms with Crippen LogP contribution in [0.25, 0.3) is 0 Å². The molecule has 2 bridgehead atoms. The second kappa shape index (κ2) is 5.25. The molecule has 0 amide bonds. The zero-order valence-corrected chi connectivity index (χ0v) is 11.3. The average molecular weight is 230 g/mol. The van der Waals surface area contributed by atoms with Crippen LogP contribution >= 0.6 is 0 Å². The van der Waals surface area contributed by atoms with Crippen LogP contribution in [0.2, 0.25) is 0 Å². The smallest absolute Gasteiger partial charge is 0.00625 e. The predicted octanol–water partition coefficient (Wildman–Crippen LogP) is 5.28. The molecule has 2 rings (SSSR count). The van der Waals surface area contributed by atoms with E-state index < -0.39 is 0 Å². The molecule has 2 aliphatic rings. The highest BCUT2D eigenvalue weighted by atomic mass is 14.5. The van der Waals surface area contributed by atoms with E-state index >= 15 is 0 Å². The molecule has 94 valence electrons. The van der Waals surface area contributed by atoms with Crippen molar-refractivity contribution in [2.24, 2.45) is 17.3 Å². The monoisotopic (exact) mass is 230 g/mol. The van der Waals surface area contributed by atoms with E-state index in [-0.39, 0.29) is 0 Å². The second-order valence-corrected chi connectivity index (χ2v) is 6.07. The number of rotatable bonds is 5. The molecule has 0 aromatic rings. The van der Waals surface area contributed by atoms with Crippen LogP contribution in [0.15, 0.2) is 37.0 Å². The first-order chi connectivity index (χ1) is 8.19. The Kier molecular flexibility index (Phi) is 3.91. The second-order valence-electron chi connectivity index (χ2n) is 6.07. The Labute approximate surface area is 106 Å². The molecular weight excluding hydrogens is 204 g/mol. The van der Waals surface area contributed by atoms with Crippen molar-refractivity contribution in [3.8, 4) is 0 Å². The van der Waals surface area contributed by atoms with Crippen molar-refractivity contribution < 1.29 is 0 Å². The molecule has 0 aromatic carbocycles. The van der Waals surface area contributed by atoms with Gasteiger partial charge in [-0.2, -0.15) is 0 Å². The molecule has 3 atom stereocenters. The van der Waals surface area contributed by atoms with Crippen LogP contribution in [0.4, 0.5) is 0 Å². The van der Waals surface area contributed by atoms with Crippen LogP contribution in [-0.4, -0.2) is 0 Å². The van der Waals surface area contributed by atoms with Crippen LogP contribution in [0.3, 0.4) is 0 Å². The highest BCUT2D eigenvalue weighted by Gasteiger charge is 2.48. The topological polar surface area (TPSA) is 0 Å². The summed E-state index contributed by atoms with van der Waals surface area (Å²) in [4.78, 5) is 0. The molecule has 0 heterocycles. The maximum Gasteiger partial charge on any atom is -0.00625 e. The zero-order valence-electron chi connectivity index (χ0n) is 11.3. The fourth-order valence-electron chi connectivity index (χ4n) is 4.25. The lowest BCUT2D eigenvalue weighted by Crippen LogP contribution is -2.28. The third-order valence-electron chi connectivity index (χ3n) is 5.09. The minimum Gasteiger partial charge on any atom is -0.0996 e. The van der Waals surface area contributed by atoms with Crippen LogP contribution in [-0.2, 0) is 0 Å². The van der Waals surface area contributed by atoms with E-state index in [0.29, 0.717) is 5.41 Å². The summed E-state index contributed by atoms with van der Waals surface area (Å²) in [5.41, 5.74) is 1.96. The summed E-state index contributed by atoms with van der Waals surface area (Å²) >= 11 is 0. The van der Waals surface area contributed by atoms with Gasteiger partial charge in [-0.05, 0) is 56.3 Å². The lowest BCUT2D eigenvalue weighted by molar-refractivity contribution is 0.198. The van der Waals surface area contributed by atoms with Gasteiger partial charge < -0.3 is 0 Å². The van der Waals surface area contributed by atoms with E-state index in [1.54, 1.807) is 0 Å². The van der Waals surface area contributed by atoms with Crippen LogP contribution in [0.5, 0.6) is 0 Å². The molecule has 0 radical (unpaired) electrons. The SMILES string of the molecule is C=C/C=C/CC[C@H]1C[C@@H]2CCC[C@@]1(C(=C)C)C2. The van der Waals surface area contributed by atoms with Crippen molar-refractivity contribution in [2.75, 3.05) is 0 Å². The third kappa shape index (κ3) is 2.41. The fourth-order valence-corrected chi connectivity index (χ4v) is 4.25. The highest BCUT2D eigenvalue weighted by molar-refractivity contribution is 5.16. The van der Waals surface area contributed by atoms with Gasteiger partial charge in [0.1, 0.15) is 0 Å². The van der Waals surface area contributed by atoms with Gasteiger partial charge in [0, 0.05) is 0 Å². The molecular formula is C17H26. The summed E-state index contributed by atoms with van der Waals surface area (Å²) in [5, 5.41) is 0. The van der Waals surface area contributed by atoms with Gasteiger partial charge in [-0.3, -0.25) is 0 Å². The lowest BCUT2D eigenvalue weighted by atomic mass is 9.66. The summed E-state index contributed by atoms with van der Waals surface area (Å²) < 4.78 is 0. The Hall–Kier alpha value is -0.780. The normalized spacial score (nSPS) is 36.3. The summed E-state index contributed by atoms with van der Waals surface area (Å²) in [6.07, 6.45) is 15.9. The van der Waals surface area contributed by atoms with Gasteiger partial charge >= 0.3 is 0 Å². The van der Waals surface area contributed by atoms with E-state index in [1.807, 2.05) is 6.08 Å². The number of hydrogen-bond donors (Lipinski definition) is 0. The van der Waals surface area contributed by atoms with Gasteiger partial charge in [0.2, 0.25) is 0 Å². The Bertz CT molecular complexity index is 323. The molecule has 2 fully saturated rings. The van der Waals surface area contributed by atoms with Crippen LogP contribution in [0, 0.1) is 17.3 Å². The quantitative estimate of drug-likeness (QED) is 0.445. The maximum atomic E-state index is 4.31. The molecule has 0 spiro atoms. The van der Waals surface area contributed by atoms with Gasteiger partial charge in [0.25, 0.3) is 0 Å². The molecule has 0 aliphatic heterocycles. The lowest BCUT2D eigenvalue weighted by Gasteiger charge is -2.38. The molecule has 0 unspecified atom stereocenters. The minimum absolute atomic E-state index is 0.505. The molecule has 0 nitrogen and oxygen atoms in total. The van der Waals surface area contributed by atoms with Crippen molar-refractivity contribution in [2.45, 2.75) is 51.9 Å². The minimum atomic E-state index is 0.505. The van der Waals surface area contributed by atoms with Crippen LogP contribution in [0.1, 0.15) is 51.9 Å². The Morgan fingerprint density at radius 1 is 1.47 bits per heavy atom. The van der Waals surface area contributed by atoms with Crippen molar-refractivity contribution >= 4 is 0 Å². The van der Waals surface area contributed by atoms with E-state index in [1.165, 1.54) is 50.5 Å². The standard InChI is InChI=1S/C17H26/c1-4-5-6-7-10-16-12-15-9-8-11-17(16,13-15)14(2)3/h4-6,15-16H,1-2,7-13H2,3H3/b6-5+/t15-,16-,17-/m0/s1. The summed E-state index contributed by atoms with van der Waals surface area (Å²) in [7, 11) is 0. The molecule has 2 saturated carbocycles. The van der Waals surface area contributed by atoms with Crippen molar-refractivity contribution in [1.82, 2.24) is 0 Å². The first kappa shape index (κ1) is 12.7. The van der Waals surface area contributed by atoms with Crippen molar-refractivity contribution in [3.05, 3.63) is 37.0 Å². The number of hydrogen-bond acceptors (Lipinski definition) is 0. The maximum absolute atomic E-state index is 4.31. The van der Waals surface area contributed by atoms with E-state index in [0.717, 1.165) is 11.8 Å². The highest BCUT2D eigenvalue weighted by Crippen LogP contribution is 2.59. The van der Waals surface area contributed by atoms with E-state index in [2.05, 4.69) is 32.2 Å². The summed E-state index contributed by atoms with van der Waals surface area (Å²) in [5.74, 6) is 1.88. The Balaban J connectivity index is 2.02. The first-order valence-electron chi connectivity index (χ1n) is 7.12.